The minimum absolute atomic E-state index is 0.00288. The first-order chi connectivity index (χ1) is 8.20. The first-order valence-electron chi connectivity index (χ1n) is 5.65. The van der Waals surface area contributed by atoms with Gasteiger partial charge in [-0.2, -0.15) is 0 Å². The van der Waals surface area contributed by atoms with Crippen LogP contribution in [0.3, 0.4) is 0 Å². The molecule has 1 aromatic rings. The van der Waals surface area contributed by atoms with E-state index in [1.54, 1.807) is 18.3 Å². The average Bonchev–Trinajstić information content (AvgIpc) is 2.39. The molecule has 92 valence electrons. The molecule has 0 aromatic carbocycles. The third-order valence-corrected chi connectivity index (χ3v) is 2.82. The number of carbonyl (C=O) groups excluding carboxylic acids is 1. The number of hydrogen-bond acceptors (Lipinski definition) is 5. The summed E-state index contributed by atoms with van der Waals surface area (Å²) in [6.45, 7) is 3.44. The number of Topliss-reactive ketones (excluding diaryl/α,β-unsaturated/α-hetero) is 1. The topological polar surface area (TPSA) is 62.7 Å². The highest BCUT2D eigenvalue weighted by Gasteiger charge is 2.21. The zero-order chi connectivity index (χ0) is 12.3. The van der Waals surface area contributed by atoms with Crippen LogP contribution in [0.25, 0.3) is 0 Å². The predicted octanol–water partition coefficient (Wildman–Crippen LogP) is 0.482. The summed E-state index contributed by atoms with van der Waals surface area (Å²) in [5, 5.41) is 9.07. The number of aliphatic hydroxyl groups excluding tert-OH is 1. The van der Waals surface area contributed by atoms with Gasteiger partial charge in [0.05, 0.1) is 19.3 Å². The van der Waals surface area contributed by atoms with E-state index in [-0.39, 0.29) is 18.5 Å². The first-order valence-corrected chi connectivity index (χ1v) is 5.65. The Morgan fingerprint density at radius 3 is 3.24 bits per heavy atom. The molecule has 0 aliphatic carbocycles. The van der Waals surface area contributed by atoms with Gasteiger partial charge in [0.25, 0.3) is 0 Å². The van der Waals surface area contributed by atoms with Crippen LogP contribution in [-0.4, -0.2) is 48.3 Å². The van der Waals surface area contributed by atoms with E-state index in [1.807, 2.05) is 4.90 Å². The third kappa shape index (κ3) is 2.81. The number of anilines is 1. The maximum atomic E-state index is 11.3. The van der Waals surface area contributed by atoms with E-state index in [9.17, 15) is 4.79 Å². The van der Waals surface area contributed by atoms with Crippen molar-refractivity contribution < 1.29 is 14.6 Å². The smallest absolute Gasteiger partial charge is 0.159 e. The zero-order valence-corrected chi connectivity index (χ0v) is 9.80. The van der Waals surface area contributed by atoms with Crippen LogP contribution >= 0.6 is 0 Å². The lowest BCUT2D eigenvalue weighted by Crippen LogP contribution is -2.44. The highest BCUT2D eigenvalue weighted by atomic mass is 16.5. The number of rotatable bonds is 3. The van der Waals surface area contributed by atoms with Gasteiger partial charge in [-0.25, -0.2) is 4.98 Å². The molecule has 1 atom stereocenters. The van der Waals surface area contributed by atoms with Crippen molar-refractivity contribution >= 4 is 11.6 Å². The van der Waals surface area contributed by atoms with E-state index in [0.29, 0.717) is 18.7 Å². The summed E-state index contributed by atoms with van der Waals surface area (Å²) in [4.78, 5) is 17.6. The zero-order valence-electron chi connectivity index (χ0n) is 9.80. The summed E-state index contributed by atoms with van der Waals surface area (Å²) < 4.78 is 5.37. The molecule has 0 amide bonds. The maximum absolute atomic E-state index is 11.3. The van der Waals surface area contributed by atoms with Crippen molar-refractivity contribution in [2.45, 2.75) is 13.0 Å². The Bertz CT molecular complexity index is 408. The molecular formula is C12H16N2O3. The van der Waals surface area contributed by atoms with Crippen LogP contribution in [0, 0.1) is 0 Å². The van der Waals surface area contributed by atoms with Gasteiger partial charge in [0.15, 0.2) is 5.78 Å². The van der Waals surface area contributed by atoms with Crippen LogP contribution < -0.4 is 4.90 Å². The second kappa shape index (κ2) is 5.25. The molecule has 1 unspecified atom stereocenters. The summed E-state index contributed by atoms with van der Waals surface area (Å²) in [5.41, 5.74) is 0.655. The number of ether oxygens (including phenoxy) is 1. The minimum Gasteiger partial charge on any atom is -0.394 e. The van der Waals surface area contributed by atoms with Crippen molar-refractivity contribution in [1.82, 2.24) is 4.98 Å². The van der Waals surface area contributed by atoms with E-state index >= 15 is 0 Å². The minimum atomic E-state index is -0.175. The lowest BCUT2D eigenvalue weighted by atomic mass is 10.2. The van der Waals surface area contributed by atoms with E-state index < -0.39 is 0 Å². The van der Waals surface area contributed by atoms with Gasteiger partial charge in [-0.1, -0.05) is 0 Å². The fraction of sp³-hybridized carbons (Fsp3) is 0.500. The molecule has 0 radical (unpaired) electrons. The van der Waals surface area contributed by atoms with Gasteiger partial charge >= 0.3 is 0 Å². The molecule has 17 heavy (non-hydrogen) atoms. The highest BCUT2D eigenvalue weighted by molar-refractivity contribution is 5.94. The summed E-state index contributed by atoms with van der Waals surface area (Å²) in [5.74, 6) is 0.792. The lowest BCUT2D eigenvalue weighted by molar-refractivity contribution is 0.00336. The molecule has 1 aliphatic rings. The molecule has 1 N–H and O–H groups in total. The molecule has 2 heterocycles. The van der Waals surface area contributed by atoms with Crippen molar-refractivity contribution in [3.8, 4) is 0 Å². The average molecular weight is 236 g/mol. The number of ketones is 1. The van der Waals surface area contributed by atoms with Crippen molar-refractivity contribution in [1.29, 1.82) is 0 Å². The Kier molecular flexibility index (Phi) is 3.71. The van der Waals surface area contributed by atoms with Crippen LogP contribution in [0.5, 0.6) is 0 Å². The van der Waals surface area contributed by atoms with Crippen LogP contribution in [0.1, 0.15) is 17.3 Å². The fourth-order valence-corrected chi connectivity index (χ4v) is 1.85. The first kappa shape index (κ1) is 12.0. The van der Waals surface area contributed by atoms with Gasteiger partial charge in [-0.15, -0.1) is 0 Å². The van der Waals surface area contributed by atoms with Crippen molar-refractivity contribution in [3.63, 3.8) is 0 Å². The van der Waals surface area contributed by atoms with Gasteiger partial charge in [-0.05, 0) is 19.1 Å². The number of carbonyl (C=O) groups is 1. The largest absolute Gasteiger partial charge is 0.394 e. The SMILES string of the molecule is CC(=O)c1ccnc(N2CCOC(CO)C2)c1. The monoisotopic (exact) mass is 236 g/mol. The molecule has 1 aromatic heterocycles. The third-order valence-electron chi connectivity index (χ3n) is 2.82. The summed E-state index contributed by atoms with van der Waals surface area (Å²) in [6, 6.07) is 3.48. The number of nitrogens with zero attached hydrogens (tertiary/aromatic N) is 2. The molecule has 2 rings (SSSR count). The number of aliphatic hydroxyl groups is 1. The van der Waals surface area contributed by atoms with E-state index in [4.69, 9.17) is 9.84 Å². The Morgan fingerprint density at radius 2 is 2.53 bits per heavy atom. The molecule has 5 nitrogen and oxygen atoms in total. The predicted molar refractivity (Wildman–Crippen MR) is 63.3 cm³/mol. The molecule has 1 fully saturated rings. The quantitative estimate of drug-likeness (QED) is 0.773. The Labute approximate surface area is 100 Å². The standard InChI is InChI=1S/C12H16N2O3/c1-9(16)10-2-3-13-12(6-10)14-4-5-17-11(7-14)8-15/h2-3,6,11,15H,4-5,7-8H2,1H3. The Morgan fingerprint density at radius 1 is 1.71 bits per heavy atom. The van der Waals surface area contributed by atoms with Crippen LogP contribution in [-0.2, 0) is 4.74 Å². The van der Waals surface area contributed by atoms with Crippen LogP contribution in [0.15, 0.2) is 18.3 Å². The fourth-order valence-electron chi connectivity index (χ4n) is 1.85. The highest BCUT2D eigenvalue weighted by Crippen LogP contribution is 2.16. The van der Waals surface area contributed by atoms with E-state index in [1.165, 1.54) is 6.92 Å². The number of hydrogen-bond donors (Lipinski definition) is 1. The number of pyridine rings is 1. The Hall–Kier alpha value is -1.46. The van der Waals surface area contributed by atoms with Crippen LogP contribution in [0.2, 0.25) is 0 Å². The normalized spacial score (nSPS) is 20.4. The summed E-state index contributed by atoms with van der Waals surface area (Å²) in [6.07, 6.45) is 1.46. The molecule has 0 saturated carbocycles. The molecule has 0 spiro atoms. The maximum Gasteiger partial charge on any atom is 0.159 e. The van der Waals surface area contributed by atoms with E-state index in [0.717, 1.165) is 12.4 Å². The Balaban J connectivity index is 2.16. The molecule has 0 bridgehead atoms. The summed E-state index contributed by atoms with van der Waals surface area (Å²) >= 11 is 0. The van der Waals surface area contributed by atoms with Gasteiger partial charge in [0.1, 0.15) is 5.82 Å². The number of morpholine rings is 1. The van der Waals surface area contributed by atoms with Crippen molar-refractivity contribution in [3.05, 3.63) is 23.9 Å². The van der Waals surface area contributed by atoms with Crippen LogP contribution in [0.4, 0.5) is 5.82 Å². The second-order valence-corrected chi connectivity index (χ2v) is 4.08. The van der Waals surface area contributed by atoms with Crippen molar-refractivity contribution in [2.75, 3.05) is 31.2 Å². The lowest BCUT2D eigenvalue weighted by Gasteiger charge is -2.32. The van der Waals surface area contributed by atoms with Gasteiger partial charge in [-0.3, -0.25) is 4.79 Å². The molecule has 1 aliphatic heterocycles. The van der Waals surface area contributed by atoms with Gasteiger partial charge < -0.3 is 14.7 Å². The van der Waals surface area contributed by atoms with Gasteiger partial charge in [0, 0.05) is 24.8 Å². The second-order valence-electron chi connectivity index (χ2n) is 4.08. The molecule has 5 heteroatoms. The van der Waals surface area contributed by atoms with Crippen molar-refractivity contribution in [2.24, 2.45) is 0 Å². The van der Waals surface area contributed by atoms with E-state index in [2.05, 4.69) is 4.98 Å². The van der Waals surface area contributed by atoms with Gasteiger partial charge in [0.2, 0.25) is 0 Å². The summed E-state index contributed by atoms with van der Waals surface area (Å²) in [7, 11) is 0. The molecular weight excluding hydrogens is 220 g/mol. The number of aromatic nitrogens is 1. The molecule has 1 saturated heterocycles.